The van der Waals surface area contributed by atoms with Gasteiger partial charge in [-0.2, -0.15) is 0 Å². The molecule has 0 aliphatic heterocycles. The minimum absolute atomic E-state index is 0.0524. The first-order chi connectivity index (χ1) is 11.5. The number of ether oxygens (including phenoxy) is 1. The van der Waals surface area contributed by atoms with Crippen LogP contribution >= 0.6 is 0 Å². The zero-order valence-corrected chi connectivity index (χ0v) is 14.4. The predicted molar refractivity (Wildman–Crippen MR) is 92.8 cm³/mol. The molecule has 0 unspecified atom stereocenters. The molecule has 5 nitrogen and oxygen atoms in total. The number of carbonyl (C=O) groups excluding carboxylic acids is 1. The smallest absolute Gasteiger partial charge is 0.221 e. The summed E-state index contributed by atoms with van der Waals surface area (Å²) in [5.74, 6) is 0.306. The summed E-state index contributed by atoms with van der Waals surface area (Å²) in [5.41, 5.74) is 0.997. The Morgan fingerprint density at radius 3 is 2.42 bits per heavy atom. The molecule has 6 heteroatoms. The summed E-state index contributed by atoms with van der Waals surface area (Å²) in [7, 11) is -1.82. The minimum atomic E-state index is -3.42. The number of carbonyl (C=O) groups is 1. The normalized spacial score (nSPS) is 11.0. The van der Waals surface area contributed by atoms with Crippen molar-refractivity contribution in [2.45, 2.75) is 17.7 Å². The number of hydrogen-bond acceptors (Lipinski definition) is 4. The highest BCUT2D eigenvalue weighted by atomic mass is 32.2. The van der Waals surface area contributed by atoms with Crippen LogP contribution in [-0.4, -0.2) is 33.7 Å². The number of hydrogen-bond donors (Lipinski definition) is 1. The van der Waals surface area contributed by atoms with Gasteiger partial charge in [-0.15, -0.1) is 0 Å². The Labute approximate surface area is 142 Å². The lowest BCUT2D eigenvalue weighted by Crippen LogP contribution is -2.27. The average Bonchev–Trinajstić information content (AvgIpc) is 2.61. The van der Waals surface area contributed by atoms with Crippen LogP contribution in [0.15, 0.2) is 59.5 Å². The largest absolute Gasteiger partial charge is 0.496 e. The maximum atomic E-state index is 12.1. The molecule has 0 aromatic heterocycles. The summed E-state index contributed by atoms with van der Waals surface area (Å²) in [4.78, 5) is 12.1. The van der Waals surface area contributed by atoms with Gasteiger partial charge in [0.05, 0.1) is 17.8 Å². The molecule has 24 heavy (non-hydrogen) atoms. The van der Waals surface area contributed by atoms with E-state index in [0.29, 0.717) is 13.0 Å². The highest BCUT2D eigenvalue weighted by Crippen LogP contribution is 2.17. The Kier molecular flexibility index (Phi) is 6.37. The summed E-state index contributed by atoms with van der Waals surface area (Å²) >= 11 is 0. The van der Waals surface area contributed by atoms with Gasteiger partial charge in [-0.25, -0.2) is 8.42 Å². The number of sulfone groups is 1. The number of nitrogens with one attached hydrogen (secondary N) is 1. The van der Waals surface area contributed by atoms with Gasteiger partial charge in [0.25, 0.3) is 0 Å². The first-order valence-electron chi connectivity index (χ1n) is 7.69. The summed E-state index contributed by atoms with van der Waals surface area (Å²) in [6.07, 6.45) is 0.574. The maximum absolute atomic E-state index is 12.1. The molecule has 0 heterocycles. The molecule has 0 saturated carbocycles. The molecule has 0 aliphatic carbocycles. The van der Waals surface area contributed by atoms with Crippen molar-refractivity contribution in [1.82, 2.24) is 5.32 Å². The molecule has 0 fully saturated rings. The van der Waals surface area contributed by atoms with E-state index in [1.165, 1.54) is 12.1 Å². The van der Waals surface area contributed by atoms with Crippen LogP contribution in [0.2, 0.25) is 0 Å². The first kappa shape index (κ1) is 18.0. The zero-order valence-electron chi connectivity index (χ0n) is 13.6. The minimum Gasteiger partial charge on any atom is -0.496 e. The summed E-state index contributed by atoms with van der Waals surface area (Å²) < 4.78 is 29.5. The van der Waals surface area contributed by atoms with Crippen LogP contribution in [0.5, 0.6) is 5.75 Å². The van der Waals surface area contributed by atoms with Gasteiger partial charge in [-0.3, -0.25) is 4.79 Å². The molecule has 0 spiro atoms. The Balaban J connectivity index is 1.80. The highest BCUT2D eigenvalue weighted by molar-refractivity contribution is 7.91. The van der Waals surface area contributed by atoms with Gasteiger partial charge in [-0.1, -0.05) is 36.4 Å². The lowest BCUT2D eigenvalue weighted by molar-refractivity contribution is -0.120. The summed E-state index contributed by atoms with van der Waals surface area (Å²) in [6.45, 7) is 0.435. The van der Waals surface area contributed by atoms with Crippen molar-refractivity contribution in [3.8, 4) is 5.75 Å². The lowest BCUT2D eigenvalue weighted by atomic mass is 10.1. The first-order valence-corrected chi connectivity index (χ1v) is 9.34. The average molecular weight is 347 g/mol. The standard InChI is InChI=1S/C18H21NO4S/c1-23-17-10-6-5-7-15(17)11-13-19-18(20)12-14-24(21,22)16-8-3-2-4-9-16/h2-10H,11-14H2,1H3,(H,19,20). The zero-order chi connectivity index (χ0) is 17.4. The second-order valence-electron chi connectivity index (χ2n) is 5.29. The number of rotatable bonds is 8. The molecule has 2 rings (SSSR count). The van der Waals surface area contributed by atoms with Gasteiger partial charge in [0, 0.05) is 13.0 Å². The van der Waals surface area contributed by atoms with E-state index in [1.54, 1.807) is 25.3 Å². The van der Waals surface area contributed by atoms with Crippen molar-refractivity contribution in [2.24, 2.45) is 0 Å². The Morgan fingerprint density at radius 1 is 1.04 bits per heavy atom. The van der Waals surface area contributed by atoms with E-state index in [-0.39, 0.29) is 23.0 Å². The molecule has 0 aliphatic rings. The topological polar surface area (TPSA) is 72.5 Å². The predicted octanol–water partition coefficient (Wildman–Crippen LogP) is 2.22. The molecular weight excluding hydrogens is 326 g/mol. The fraction of sp³-hybridized carbons (Fsp3) is 0.278. The van der Waals surface area contributed by atoms with Gasteiger partial charge in [0.1, 0.15) is 5.75 Å². The second kappa shape index (κ2) is 8.49. The Bertz CT molecular complexity index is 773. The van der Waals surface area contributed by atoms with E-state index in [4.69, 9.17) is 4.74 Å². The fourth-order valence-corrected chi connectivity index (χ4v) is 3.57. The van der Waals surface area contributed by atoms with Crippen molar-refractivity contribution in [3.05, 3.63) is 60.2 Å². The highest BCUT2D eigenvalue weighted by Gasteiger charge is 2.15. The summed E-state index contributed by atoms with van der Waals surface area (Å²) in [5, 5.41) is 2.75. The molecular formula is C18H21NO4S. The van der Waals surface area contributed by atoms with Crippen LogP contribution in [0.4, 0.5) is 0 Å². The Morgan fingerprint density at radius 2 is 1.71 bits per heavy atom. The van der Waals surface area contributed by atoms with Crippen molar-refractivity contribution < 1.29 is 17.9 Å². The monoisotopic (exact) mass is 347 g/mol. The van der Waals surface area contributed by atoms with E-state index in [9.17, 15) is 13.2 Å². The molecule has 2 aromatic carbocycles. The van der Waals surface area contributed by atoms with Crippen LogP contribution in [-0.2, 0) is 21.1 Å². The quantitative estimate of drug-likeness (QED) is 0.795. The number of amides is 1. The van der Waals surface area contributed by atoms with Crippen LogP contribution in [0, 0.1) is 0 Å². The van der Waals surface area contributed by atoms with Crippen molar-refractivity contribution in [3.63, 3.8) is 0 Å². The fourth-order valence-electron chi connectivity index (χ4n) is 2.31. The number of methoxy groups -OCH3 is 1. The van der Waals surface area contributed by atoms with Gasteiger partial charge < -0.3 is 10.1 Å². The van der Waals surface area contributed by atoms with E-state index in [0.717, 1.165) is 11.3 Å². The van der Waals surface area contributed by atoms with E-state index < -0.39 is 9.84 Å². The van der Waals surface area contributed by atoms with Crippen molar-refractivity contribution in [1.29, 1.82) is 0 Å². The van der Waals surface area contributed by atoms with Crippen molar-refractivity contribution >= 4 is 15.7 Å². The van der Waals surface area contributed by atoms with E-state index in [2.05, 4.69) is 5.32 Å². The molecule has 0 atom stereocenters. The van der Waals surface area contributed by atoms with Crippen LogP contribution < -0.4 is 10.1 Å². The molecule has 0 bridgehead atoms. The van der Waals surface area contributed by atoms with Gasteiger partial charge in [-0.05, 0) is 30.2 Å². The molecule has 1 amide bonds. The lowest BCUT2D eigenvalue weighted by Gasteiger charge is -2.09. The molecule has 2 aromatic rings. The number of benzene rings is 2. The van der Waals surface area contributed by atoms with Crippen LogP contribution in [0.3, 0.4) is 0 Å². The second-order valence-corrected chi connectivity index (χ2v) is 7.40. The van der Waals surface area contributed by atoms with Crippen molar-refractivity contribution in [2.75, 3.05) is 19.4 Å². The van der Waals surface area contributed by atoms with Crippen LogP contribution in [0.25, 0.3) is 0 Å². The number of para-hydroxylation sites is 1. The van der Waals surface area contributed by atoms with E-state index >= 15 is 0 Å². The SMILES string of the molecule is COc1ccccc1CCNC(=O)CCS(=O)(=O)c1ccccc1. The van der Waals surface area contributed by atoms with Crippen LogP contribution in [0.1, 0.15) is 12.0 Å². The van der Waals surface area contributed by atoms with E-state index in [1.807, 2.05) is 24.3 Å². The maximum Gasteiger partial charge on any atom is 0.221 e. The van der Waals surface area contributed by atoms with Gasteiger partial charge in [0.15, 0.2) is 9.84 Å². The molecule has 128 valence electrons. The third-order valence-corrected chi connectivity index (χ3v) is 5.34. The van der Waals surface area contributed by atoms with Gasteiger partial charge >= 0.3 is 0 Å². The molecule has 1 N–H and O–H groups in total. The third kappa shape index (κ3) is 5.09. The molecule has 0 saturated heterocycles. The third-order valence-electron chi connectivity index (χ3n) is 3.61. The van der Waals surface area contributed by atoms with Gasteiger partial charge in [0.2, 0.25) is 5.91 Å². The summed E-state index contributed by atoms with van der Waals surface area (Å²) in [6, 6.07) is 15.8. The molecule has 0 radical (unpaired) electrons. The Hall–Kier alpha value is -2.34.